The number of hydrogen-bond donors (Lipinski definition) is 0. The third kappa shape index (κ3) is 4.24. The number of hydrogen-bond acceptors (Lipinski definition) is 6. The maximum absolute atomic E-state index is 13.1. The normalized spacial score (nSPS) is 17.7. The number of aromatic nitrogens is 3. The van der Waals surface area contributed by atoms with E-state index in [-0.39, 0.29) is 30.3 Å². The minimum Gasteiger partial charge on any atom is -0.458 e. The molecule has 2 heterocycles. The Morgan fingerprint density at radius 2 is 1.83 bits per heavy atom. The summed E-state index contributed by atoms with van der Waals surface area (Å²) in [6.45, 7) is 1.67. The monoisotopic (exact) mass is 430 g/mol. The SMILES string of the molecule is Cc1ccc(S(=O)(=O)N2CC(=O)OC(Cn3cc(-c4ccc(F)cc4)nn3)C2)cc1. The van der Waals surface area contributed by atoms with Crippen LogP contribution in [0.5, 0.6) is 0 Å². The van der Waals surface area contributed by atoms with Gasteiger partial charge in [-0.2, -0.15) is 4.31 Å². The number of carbonyl (C=O) groups is 1. The van der Waals surface area contributed by atoms with Gasteiger partial charge >= 0.3 is 5.97 Å². The van der Waals surface area contributed by atoms with Crippen LogP contribution in [0.25, 0.3) is 11.3 Å². The van der Waals surface area contributed by atoms with Crippen molar-refractivity contribution in [2.45, 2.75) is 24.5 Å². The fourth-order valence-corrected chi connectivity index (χ4v) is 4.60. The van der Waals surface area contributed by atoms with Crippen molar-refractivity contribution < 1.29 is 22.3 Å². The Balaban J connectivity index is 1.49. The molecule has 0 bridgehead atoms. The van der Waals surface area contributed by atoms with Gasteiger partial charge in [0.15, 0.2) is 0 Å². The molecular weight excluding hydrogens is 411 g/mol. The maximum atomic E-state index is 13.1. The zero-order chi connectivity index (χ0) is 21.3. The fraction of sp³-hybridized carbons (Fsp3) is 0.250. The van der Waals surface area contributed by atoms with E-state index in [1.54, 1.807) is 30.5 Å². The first-order valence-electron chi connectivity index (χ1n) is 9.23. The van der Waals surface area contributed by atoms with Crippen LogP contribution in [-0.4, -0.2) is 52.9 Å². The van der Waals surface area contributed by atoms with Gasteiger partial charge in [-0.3, -0.25) is 4.79 Å². The molecule has 8 nitrogen and oxygen atoms in total. The lowest BCUT2D eigenvalue weighted by Crippen LogP contribution is -2.49. The van der Waals surface area contributed by atoms with Crippen molar-refractivity contribution in [2.75, 3.05) is 13.1 Å². The van der Waals surface area contributed by atoms with E-state index in [1.165, 1.54) is 28.9 Å². The average molecular weight is 430 g/mol. The van der Waals surface area contributed by atoms with Crippen molar-refractivity contribution in [2.24, 2.45) is 0 Å². The van der Waals surface area contributed by atoms with Crippen molar-refractivity contribution in [3.05, 3.63) is 66.1 Å². The molecule has 10 heteroatoms. The second-order valence-corrected chi connectivity index (χ2v) is 8.99. The van der Waals surface area contributed by atoms with Crippen molar-refractivity contribution in [3.8, 4) is 11.3 Å². The lowest BCUT2D eigenvalue weighted by Gasteiger charge is -2.31. The summed E-state index contributed by atoms with van der Waals surface area (Å²) in [5.74, 6) is -0.976. The zero-order valence-corrected chi connectivity index (χ0v) is 16.9. The molecule has 0 spiro atoms. The average Bonchev–Trinajstić information content (AvgIpc) is 3.17. The lowest BCUT2D eigenvalue weighted by molar-refractivity contribution is -0.156. The number of sulfonamides is 1. The highest BCUT2D eigenvalue weighted by Gasteiger charge is 2.35. The molecule has 30 heavy (non-hydrogen) atoms. The van der Waals surface area contributed by atoms with Gasteiger partial charge in [0.2, 0.25) is 10.0 Å². The number of esters is 1. The van der Waals surface area contributed by atoms with Gasteiger partial charge in [0.25, 0.3) is 0 Å². The summed E-state index contributed by atoms with van der Waals surface area (Å²) in [7, 11) is -3.83. The predicted molar refractivity (Wildman–Crippen MR) is 105 cm³/mol. The molecule has 1 atom stereocenters. The van der Waals surface area contributed by atoms with E-state index < -0.39 is 22.1 Å². The largest absolute Gasteiger partial charge is 0.458 e. The summed E-state index contributed by atoms with van der Waals surface area (Å²) < 4.78 is 46.8. The molecule has 156 valence electrons. The van der Waals surface area contributed by atoms with Crippen LogP contribution in [0.4, 0.5) is 4.39 Å². The number of halogens is 1. The second kappa shape index (κ2) is 7.96. The molecule has 0 radical (unpaired) electrons. The Morgan fingerprint density at radius 1 is 1.13 bits per heavy atom. The van der Waals surface area contributed by atoms with Gasteiger partial charge < -0.3 is 4.74 Å². The highest BCUT2D eigenvalue weighted by molar-refractivity contribution is 7.89. The van der Waals surface area contributed by atoms with Crippen LogP contribution in [0.3, 0.4) is 0 Å². The molecule has 1 aromatic heterocycles. The molecule has 2 aromatic carbocycles. The first-order chi connectivity index (χ1) is 14.3. The van der Waals surface area contributed by atoms with Crippen LogP contribution < -0.4 is 0 Å². The predicted octanol–water partition coefficient (Wildman–Crippen LogP) is 2.01. The second-order valence-electron chi connectivity index (χ2n) is 7.06. The quantitative estimate of drug-likeness (QED) is 0.575. The number of benzene rings is 2. The molecular formula is C20H19FN4O4S. The minimum absolute atomic E-state index is 0.00763. The van der Waals surface area contributed by atoms with Gasteiger partial charge in [-0.1, -0.05) is 22.9 Å². The van der Waals surface area contributed by atoms with Crippen LogP contribution in [0, 0.1) is 12.7 Å². The molecule has 1 fully saturated rings. The summed E-state index contributed by atoms with van der Waals surface area (Å²) in [6.07, 6.45) is 0.920. The van der Waals surface area contributed by atoms with Crippen molar-refractivity contribution in [1.82, 2.24) is 19.3 Å². The third-order valence-corrected chi connectivity index (χ3v) is 6.56. The summed E-state index contributed by atoms with van der Waals surface area (Å²) >= 11 is 0. The summed E-state index contributed by atoms with van der Waals surface area (Å²) in [5, 5.41) is 8.05. The van der Waals surface area contributed by atoms with E-state index in [2.05, 4.69) is 10.3 Å². The first kappa shape index (κ1) is 20.2. The first-order valence-corrected chi connectivity index (χ1v) is 10.7. The van der Waals surface area contributed by atoms with E-state index >= 15 is 0 Å². The Labute approximate surface area is 172 Å². The van der Waals surface area contributed by atoms with E-state index in [0.29, 0.717) is 11.3 Å². The van der Waals surface area contributed by atoms with Gasteiger partial charge in [0.05, 0.1) is 24.2 Å². The number of aryl methyl sites for hydroxylation is 1. The number of rotatable bonds is 5. The third-order valence-electron chi connectivity index (χ3n) is 4.74. The standard InChI is InChI=1S/C20H19FN4O4S/c1-14-2-8-18(9-3-14)30(27,28)25-11-17(29-20(26)13-25)10-24-12-19(22-23-24)15-4-6-16(21)7-5-15/h2-9,12,17H,10-11,13H2,1H3. The number of morpholine rings is 1. The Morgan fingerprint density at radius 3 is 2.53 bits per heavy atom. The van der Waals surface area contributed by atoms with Crippen LogP contribution in [0.1, 0.15) is 5.56 Å². The van der Waals surface area contributed by atoms with Gasteiger partial charge in [0.1, 0.15) is 24.2 Å². The Hall–Kier alpha value is -3.11. The van der Waals surface area contributed by atoms with Crippen molar-refractivity contribution in [3.63, 3.8) is 0 Å². The number of carbonyl (C=O) groups excluding carboxylic acids is 1. The molecule has 1 aliphatic rings. The molecule has 1 saturated heterocycles. The highest BCUT2D eigenvalue weighted by atomic mass is 32.2. The van der Waals surface area contributed by atoms with Gasteiger partial charge in [-0.15, -0.1) is 5.10 Å². The molecule has 0 amide bonds. The zero-order valence-electron chi connectivity index (χ0n) is 16.1. The van der Waals surface area contributed by atoms with E-state index in [1.807, 2.05) is 6.92 Å². The summed E-state index contributed by atoms with van der Waals surface area (Å²) in [6, 6.07) is 12.3. The number of ether oxygens (including phenoxy) is 1. The smallest absolute Gasteiger partial charge is 0.321 e. The molecule has 4 rings (SSSR count). The highest BCUT2D eigenvalue weighted by Crippen LogP contribution is 2.21. The van der Waals surface area contributed by atoms with Crippen LogP contribution in [0.15, 0.2) is 59.6 Å². The Bertz CT molecular complexity index is 1160. The van der Waals surface area contributed by atoms with Crippen LogP contribution in [0.2, 0.25) is 0 Å². The molecule has 0 saturated carbocycles. The fourth-order valence-electron chi connectivity index (χ4n) is 3.18. The van der Waals surface area contributed by atoms with Gasteiger partial charge in [-0.05, 0) is 43.3 Å². The van der Waals surface area contributed by atoms with Crippen LogP contribution >= 0.6 is 0 Å². The topological polar surface area (TPSA) is 94.4 Å². The van der Waals surface area contributed by atoms with Gasteiger partial charge in [-0.25, -0.2) is 17.5 Å². The van der Waals surface area contributed by atoms with Crippen molar-refractivity contribution >= 4 is 16.0 Å². The van der Waals surface area contributed by atoms with E-state index in [9.17, 15) is 17.6 Å². The molecule has 1 aliphatic heterocycles. The summed E-state index contributed by atoms with van der Waals surface area (Å²) in [5.41, 5.74) is 2.15. The number of cyclic esters (lactones) is 1. The maximum Gasteiger partial charge on any atom is 0.321 e. The summed E-state index contributed by atoms with van der Waals surface area (Å²) in [4.78, 5) is 12.2. The van der Waals surface area contributed by atoms with E-state index in [4.69, 9.17) is 4.74 Å². The van der Waals surface area contributed by atoms with Gasteiger partial charge in [0, 0.05) is 5.56 Å². The Kier molecular flexibility index (Phi) is 5.35. The molecule has 0 aliphatic carbocycles. The molecule has 0 N–H and O–H groups in total. The molecule has 3 aromatic rings. The van der Waals surface area contributed by atoms with Crippen LogP contribution in [-0.2, 0) is 26.1 Å². The van der Waals surface area contributed by atoms with Crippen molar-refractivity contribution in [1.29, 1.82) is 0 Å². The minimum atomic E-state index is -3.83. The number of nitrogens with zero attached hydrogens (tertiary/aromatic N) is 4. The van der Waals surface area contributed by atoms with E-state index in [0.717, 1.165) is 9.87 Å². The lowest BCUT2D eigenvalue weighted by atomic mass is 10.2. The molecule has 1 unspecified atom stereocenters.